The Morgan fingerprint density at radius 3 is 2.40 bits per heavy atom. The molecule has 0 unspecified atom stereocenters. The Balaban J connectivity index is 2.53. The van der Waals surface area contributed by atoms with E-state index in [1.54, 1.807) is 24.3 Å². The van der Waals surface area contributed by atoms with Crippen molar-refractivity contribution in [1.82, 2.24) is 0 Å². The second-order valence-corrected chi connectivity index (χ2v) is 8.85. The quantitative estimate of drug-likeness (QED) is 0.565. The Hall–Kier alpha value is -0.298. The maximum Gasteiger partial charge on any atom is 0.420 e. The van der Waals surface area contributed by atoms with Gasteiger partial charge in [0, 0.05) is 4.90 Å². The van der Waals surface area contributed by atoms with Crippen molar-refractivity contribution in [1.29, 1.82) is 0 Å². The van der Waals surface area contributed by atoms with Crippen molar-refractivity contribution in [2.75, 3.05) is 0 Å². The van der Waals surface area contributed by atoms with Gasteiger partial charge in [-0.2, -0.15) is 0 Å². The van der Waals surface area contributed by atoms with Crippen molar-refractivity contribution in [2.45, 2.75) is 36.4 Å². The van der Waals surface area contributed by atoms with Gasteiger partial charge < -0.3 is 0 Å². The average molecular weight is 239 g/mol. The molecule has 0 aromatic heterocycles. The molecule has 4 heteroatoms. The predicted octanol–water partition coefficient (Wildman–Crippen LogP) is 2.69. The first-order valence-electron chi connectivity index (χ1n) is 5.30. The molecule has 1 aromatic carbocycles. The molecule has 0 amide bonds. The molecule has 0 aliphatic rings. The summed E-state index contributed by atoms with van der Waals surface area (Å²) in [4.78, 5) is 0.483. The molecule has 15 heavy (non-hydrogen) atoms. The lowest BCUT2D eigenvalue weighted by atomic mass is 10.3. The molecule has 0 aliphatic heterocycles. The molecule has 0 heterocycles. The normalized spacial score (nSPS) is 11.3. The summed E-state index contributed by atoms with van der Waals surface area (Å²) in [5.41, 5.74) is 0. The Bertz CT molecular complexity index is 373. The van der Waals surface area contributed by atoms with Crippen LogP contribution in [0.5, 0.6) is 0 Å². The zero-order chi connectivity index (χ0) is 11.1. The van der Waals surface area contributed by atoms with Crippen molar-refractivity contribution >= 4 is 22.3 Å². The van der Waals surface area contributed by atoms with Crippen LogP contribution < -0.4 is 0 Å². The average Bonchev–Trinajstić information content (AvgIpc) is 2.26. The molecule has 0 N–H and O–H groups in total. The lowest BCUT2D eigenvalue weighted by molar-refractivity contribution is 0.608. The molecule has 0 fully saturated rings. The van der Waals surface area contributed by atoms with E-state index in [0.29, 0.717) is 4.90 Å². The van der Waals surface area contributed by atoms with Crippen LogP contribution >= 0.6 is 0 Å². The van der Waals surface area contributed by atoms with Crippen LogP contribution in [0.1, 0.15) is 26.2 Å². The van der Waals surface area contributed by atoms with Crippen LogP contribution in [0.3, 0.4) is 0 Å². The minimum atomic E-state index is -2.96. The fourth-order valence-electron chi connectivity index (χ4n) is 1.34. The van der Waals surface area contributed by atoms with Crippen LogP contribution in [-0.2, 0) is 8.20 Å². The van der Waals surface area contributed by atoms with Crippen LogP contribution in [0, 0.1) is 0 Å². The van der Waals surface area contributed by atoms with E-state index < -0.39 is 22.3 Å². The Kier molecular flexibility index (Phi) is 5.38. The van der Waals surface area contributed by atoms with Gasteiger partial charge in [-0.15, -0.1) is 0 Å². The van der Waals surface area contributed by atoms with E-state index in [2.05, 4.69) is 6.92 Å². The van der Waals surface area contributed by atoms with Crippen LogP contribution in [0.4, 0.5) is 0 Å². The van der Waals surface area contributed by atoms with E-state index >= 15 is 0 Å². The molecule has 0 aliphatic carbocycles. The lowest BCUT2D eigenvalue weighted by Crippen LogP contribution is -2.09. The molecule has 1 radical (unpaired) electrons. The van der Waals surface area contributed by atoms with Crippen molar-refractivity contribution in [3.05, 3.63) is 30.3 Å². The van der Waals surface area contributed by atoms with Gasteiger partial charge in [0.1, 0.15) is 0 Å². The standard InChI is InChI=1S/C6H5O2S.C5H11.Al/c7-9(8)6-4-2-1-3-5-6;1-3-5-4-2;/h1-5H;1,3-5H2,2H3;. The molecular formula is C11H16AlO2S. The first-order chi connectivity index (χ1) is 7.17. The van der Waals surface area contributed by atoms with E-state index in [9.17, 15) is 8.42 Å². The van der Waals surface area contributed by atoms with Crippen molar-refractivity contribution < 1.29 is 8.42 Å². The zero-order valence-corrected chi connectivity index (χ0v) is 11.0. The first kappa shape index (κ1) is 12.8. The topological polar surface area (TPSA) is 34.1 Å². The van der Waals surface area contributed by atoms with E-state index in [1.165, 1.54) is 0 Å². The van der Waals surface area contributed by atoms with Gasteiger partial charge in [-0.25, -0.2) is 8.42 Å². The first-order valence-corrected chi connectivity index (χ1v) is 9.08. The van der Waals surface area contributed by atoms with Gasteiger partial charge >= 0.3 is 14.1 Å². The monoisotopic (exact) mass is 239 g/mol. The minimum absolute atomic E-state index is 0.483. The van der Waals surface area contributed by atoms with Crippen molar-refractivity contribution in [3.63, 3.8) is 0 Å². The number of unbranched alkanes of at least 4 members (excludes halogenated alkanes) is 2. The van der Waals surface area contributed by atoms with E-state index in [0.717, 1.165) is 24.5 Å². The molecule has 0 atom stereocenters. The minimum Gasteiger partial charge on any atom is -0.249 e. The van der Waals surface area contributed by atoms with Crippen molar-refractivity contribution in [3.8, 4) is 0 Å². The Morgan fingerprint density at radius 1 is 1.13 bits per heavy atom. The van der Waals surface area contributed by atoms with Crippen LogP contribution in [0.2, 0.25) is 5.28 Å². The fraction of sp³-hybridized carbons (Fsp3) is 0.455. The highest BCUT2D eigenvalue weighted by atomic mass is 32.4. The van der Waals surface area contributed by atoms with Gasteiger partial charge in [0.25, 0.3) is 0 Å². The maximum atomic E-state index is 11.8. The molecule has 0 saturated carbocycles. The fourth-order valence-corrected chi connectivity index (χ4v) is 5.31. The molecule has 1 rings (SSSR count). The third-order valence-corrected chi connectivity index (χ3v) is 7.07. The summed E-state index contributed by atoms with van der Waals surface area (Å²) < 4.78 is 23.7. The Labute approximate surface area is 97.4 Å². The number of hydrogen-bond donors (Lipinski definition) is 0. The smallest absolute Gasteiger partial charge is 0.249 e. The number of hydrogen-bond acceptors (Lipinski definition) is 2. The summed E-state index contributed by atoms with van der Waals surface area (Å²) in [5, 5.41) is 0.852. The number of rotatable bonds is 6. The SMILES string of the molecule is CCCC[CH2][Al][S](=O)(=O)c1ccccc1. The third-order valence-electron chi connectivity index (χ3n) is 2.22. The highest BCUT2D eigenvalue weighted by Crippen LogP contribution is 2.11. The molecule has 2 nitrogen and oxygen atoms in total. The summed E-state index contributed by atoms with van der Waals surface area (Å²) in [7, 11) is -2.96. The van der Waals surface area contributed by atoms with Gasteiger partial charge in [0.15, 0.2) is 0 Å². The van der Waals surface area contributed by atoms with E-state index in [1.807, 2.05) is 6.07 Å². The van der Waals surface area contributed by atoms with E-state index in [-0.39, 0.29) is 0 Å². The summed E-state index contributed by atoms with van der Waals surface area (Å²) in [6.07, 6.45) is 3.32. The van der Waals surface area contributed by atoms with Gasteiger partial charge in [-0.1, -0.05) is 49.7 Å². The lowest BCUT2D eigenvalue weighted by Gasteiger charge is -2.02. The zero-order valence-electron chi connectivity index (χ0n) is 9.02. The molecule has 0 saturated heterocycles. The van der Waals surface area contributed by atoms with Crippen LogP contribution in [0.15, 0.2) is 35.2 Å². The summed E-state index contributed by atoms with van der Waals surface area (Å²) in [6, 6.07) is 8.76. The molecule has 0 spiro atoms. The summed E-state index contributed by atoms with van der Waals surface area (Å²) in [6.45, 7) is 2.13. The van der Waals surface area contributed by atoms with Crippen molar-refractivity contribution in [2.24, 2.45) is 0 Å². The molecule has 0 bridgehead atoms. The second kappa shape index (κ2) is 6.32. The van der Waals surface area contributed by atoms with Gasteiger partial charge in [-0.05, 0) is 12.1 Å². The van der Waals surface area contributed by atoms with Gasteiger partial charge in [-0.3, -0.25) is 0 Å². The highest BCUT2D eigenvalue weighted by molar-refractivity contribution is 8.15. The molecule has 1 aromatic rings. The predicted molar refractivity (Wildman–Crippen MR) is 63.7 cm³/mol. The number of benzene rings is 1. The molecular weight excluding hydrogens is 223 g/mol. The van der Waals surface area contributed by atoms with Crippen LogP contribution in [0.25, 0.3) is 0 Å². The summed E-state index contributed by atoms with van der Waals surface area (Å²) in [5.74, 6) is 0. The van der Waals surface area contributed by atoms with E-state index in [4.69, 9.17) is 0 Å². The second-order valence-electron chi connectivity index (χ2n) is 3.52. The molecule has 81 valence electrons. The van der Waals surface area contributed by atoms with Crippen LogP contribution in [-0.4, -0.2) is 22.5 Å². The summed E-state index contributed by atoms with van der Waals surface area (Å²) >= 11 is -0.494. The maximum absolute atomic E-state index is 11.8. The largest absolute Gasteiger partial charge is 0.420 e. The third kappa shape index (κ3) is 4.38. The Morgan fingerprint density at radius 2 is 1.80 bits per heavy atom. The highest BCUT2D eigenvalue weighted by Gasteiger charge is 2.15. The van der Waals surface area contributed by atoms with Gasteiger partial charge in [0.05, 0.1) is 8.20 Å². The van der Waals surface area contributed by atoms with Gasteiger partial charge in [0.2, 0.25) is 0 Å².